The molecule has 0 aromatic heterocycles. The summed E-state index contributed by atoms with van der Waals surface area (Å²) in [6, 6.07) is 13.7. The molecule has 0 aliphatic carbocycles. The third kappa shape index (κ3) is 4.96. The monoisotopic (exact) mass is 428 g/mol. The number of thioether (sulfide) groups is 1. The van der Waals surface area contributed by atoms with E-state index in [9.17, 15) is 9.59 Å². The van der Waals surface area contributed by atoms with Crippen LogP contribution in [0.15, 0.2) is 47.4 Å². The van der Waals surface area contributed by atoms with Gasteiger partial charge < -0.3 is 19.3 Å². The molecule has 1 amide bonds. The van der Waals surface area contributed by atoms with E-state index in [1.165, 1.54) is 18.7 Å². The summed E-state index contributed by atoms with van der Waals surface area (Å²) in [5.41, 5.74) is 2.87. The summed E-state index contributed by atoms with van der Waals surface area (Å²) in [4.78, 5) is 30.2. The molecular formula is C23H28N2O4S. The highest BCUT2D eigenvalue weighted by Crippen LogP contribution is 2.47. The van der Waals surface area contributed by atoms with Crippen molar-refractivity contribution >= 4 is 29.3 Å². The molecule has 2 aromatic carbocycles. The summed E-state index contributed by atoms with van der Waals surface area (Å²) >= 11 is 1.52. The van der Waals surface area contributed by atoms with Crippen molar-refractivity contribution in [2.75, 3.05) is 39.2 Å². The molecule has 0 bridgehead atoms. The highest BCUT2D eigenvalue weighted by molar-refractivity contribution is 7.99. The topological polar surface area (TPSA) is 59.1 Å². The van der Waals surface area contributed by atoms with Gasteiger partial charge in [-0.15, -0.1) is 11.8 Å². The van der Waals surface area contributed by atoms with Crippen LogP contribution in [0.5, 0.6) is 5.75 Å². The number of hydrogen-bond acceptors (Lipinski definition) is 6. The molecule has 0 unspecified atom stereocenters. The van der Waals surface area contributed by atoms with E-state index < -0.39 is 12.1 Å². The van der Waals surface area contributed by atoms with Gasteiger partial charge in [-0.2, -0.15) is 0 Å². The van der Waals surface area contributed by atoms with Crippen LogP contribution in [0, 0.1) is 6.92 Å². The third-order valence-electron chi connectivity index (χ3n) is 4.97. The number of nitrogens with zero attached hydrogens (tertiary/aromatic N) is 2. The first-order chi connectivity index (χ1) is 14.3. The predicted octanol–water partition coefficient (Wildman–Crippen LogP) is 3.68. The van der Waals surface area contributed by atoms with Gasteiger partial charge >= 0.3 is 5.97 Å². The van der Waals surface area contributed by atoms with Crippen molar-refractivity contribution in [2.45, 2.75) is 30.1 Å². The molecule has 2 aromatic rings. The Labute approximate surface area is 182 Å². The minimum absolute atomic E-state index is 0.214. The Kier molecular flexibility index (Phi) is 7.05. The first kappa shape index (κ1) is 22.2. The van der Waals surface area contributed by atoms with Crippen molar-refractivity contribution in [1.82, 2.24) is 4.90 Å². The number of likely N-dealkylation sites (N-methyl/N-ethyl adjacent to an activating group) is 1. The van der Waals surface area contributed by atoms with Gasteiger partial charge in [-0.25, -0.2) is 0 Å². The van der Waals surface area contributed by atoms with Crippen LogP contribution in [0.25, 0.3) is 0 Å². The molecule has 1 heterocycles. The number of benzene rings is 2. The third-order valence-corrected chi connectivity index (χ3v) is 6.32. The smallest absolute Gasteiger partial charge is 0.303 e. The zero-order chi connectivity index (χ0) is 21.8. The molecule has 0 saturated heterocycles. The maximum atomic E-state index is 13.6. The Hall–Kier alpha value is -2.51. The van der Waals surface area contributed by atoms with E-state index in [0.717, 1.165) is 27.5 Å². The number of aryl methyl sites for hydroxylation is 1. The van der Waals surface area contributed by atoms with Crippen LogP contribution in [-0.4, -0.2) is 57.2 Å². The Morgan fingerprint density at radius 3 is 2.47 bits per heavy atom. The quantitative estimate of drug-likeness (QED) is 0.655. The molecule has 1 aliphatic heterocycles. The minimum atomic E-state index is -0.921. The van der Waals surface area contributed by atoms with Gasteiger partial charge in [-0.1, -0.05) is 29.8 Å². The van der Waals surface area contributed by atoms with Crippen molar-refractivity contribution in [3.8, 4) is 5.75 Å². The highest BCUT2D eigenvalue weighted by atomic mass is 32.2. The normalized spacial score (nSPS) is 18.7. The Balaban J connectivity index is 2.12. The molecular weight excluding hydrogens is 400 g/mol. The highest BCUT2D eigenvalue weighted by Gasteiger charge is 2.40. The standard InChI is InChI=1S/C23H28N2O4S/c1-15-6-8-17(9-7-15)22-21(29-16(2)26)23(27)25(13-12-24(3)4)19-11-10-18(28-5)14-20(19)30-22/h6-11,14,21-22H,12-13H2,1-5H3/t21-,22+/m0/s1. The van der Waals surface area contributed by atoms with Crippen molar-refractivity contribution in [3.63, 3.8) is 0 Å². The second kappa shape index (κ2) is 9.53. The number of amides is 1. The lowest BCUT2D eigenvalue weighted by Gasteiger charge is -2.28. The Bertz CT molecular complexity index is 914. The number of esters is 1. The van der Waals surface area contributed by atoms with Crippen molar-refractivity contribution in [2.24, 2.45) is 0 Å². The van der Waals surface area contributed by atoms with Crippen LogP contribution in [0.1, 0.15) is 23.3 Å². The van der Waals surface area contributed by atoms with Crippen molar-refractivity contribution in [3.05, 3.63) is 53.6 Å². The SMILES string of the molecule is COc1ccc2c(c1)S[C@H](c1ccc(C)cc1)[C@H](OC(C)=O)C(=O)N2CCN(C)C. The molecule has 7 heteroatoms. The van der Waals surface area contributed by atoms with E-state index in [4.69, 9.17) is 9.47 Å². The van der Waals surface area contributed by atoms with Gasteiger partial charge in [0.05, 0.1) is 18.0 Å². The van der Waals surface area contributed by atoms with Crippen LogP contribution in [-0.2, 0) is 14.3 Å². The van der Waals surface area contributed by atoms with Gasteiger partial charge in [0, 0.05) is 24.9 Å². The fourth-order valence-electron chi connectivity index (χ4n) is 3.36. The summed E-state index contributed by atoms with van der Waals surface area (Å²) in [5, 5.41) is -0.364. The van der Waals surface area contributed by atoms with Crippen LogP contribution in [0.4, 0.5) is 5.69 Å². The Morgan fingerprint density at radius 2 is 1.87 bits per heavy atom. The zero-order valence-corrected chi connectivity index (χ0v) is 18.9. The number of carbonyl (C=O) groups excluding carboxylic acids is 2. The number of ether oxygens (including phenoxy) is 2. The predicted molar refractivity (Wildman–Crippen MR) is 119 cm³/mol. The summed E-state index contributed by atoms with van der Waals surface area (Å²) in [7, 11) is 5.55. The number of hydrogen-bond donors (Lipinski definition) is 0. The molecule has 0 radical (unpaired) electrons. The van der Waals surface area contributed by atoms with Gasteiger partial charge in [-0.3, -0.25) is 9.59 Å². The lowest BCUT2D eigenvalue weighted by Crippen LogP contribution is -2.45. The zero-order valence-electron chi connectivity index (χ0n) is 18.0. The summed E-state index contributed by atoms with van der Waals surface area (Å²) in [6.07, 6.45) is -0.921. The minimum Gasteiger partial charge on any atom is -0.497 e. The number of anilines is 1. The van der Waals surface area contributed by atoms with E-state index in [1.54, 1.807) is 12.0 Å². The van der Waals surface area contributed by atoms with Gasteiger partial charge in [0.25, 0.3) is 5.91 Å². The van der Waals surface area contributed by atoms with E-state index >= 15 is 0 Å². The number of carbonyl (C=O) groups is 2. The fourth-order valence-corrected chi connectivity index (χ4v) is 4.71. The van der Waals surface area contributed by atoms with E-state index in [2.05, 4.69) is 0 Å². The first-order valence-corrected chi connectivity index (χ1v) is 10.7. The largest absolute Gasteiger partial charge is 0.497 e. The molecule has 30 heavy (non-hydrogen) atoms. The number of fused-ring (bicyclic) bond motifs is 1. The molecule has 0 N–H and O–H groups in total. The molecule has 0 spiro atoms. The average Bonchev–Trinajstić information content (AvgIpc) is 2.81. The molecule has 6 nitrogen and oxygen atoms in total. The second-order valence-corrected chi connectivity index (χ2v) is 8.79. The van der Waals surface area contributed by atoms with Crippen LogP contribution < -0.4 is 9.64 Å². The van der Waals surface area contributed by atoms with Gasteiger partial charge in [-0.05, 0) is 44.8 Å². The lowest BCUT2D eigenvalue weighted by molar-refractivity contribution is -0.152. The molecule has 1 aliphatic rings. The first-order valence-electron chi connectivity index (χ1n) is 9.84. The van der Waals surface area contributed by atoms with Crippen LogP contribution in [0.2, 0.25) is 0 Å². The lowest BCUT2D eigenvalue weighted by atomic mass is 10.0. The molecule has 160 valence electrons. The number of rotatable bonds is 6. The maximum Gasteiger partial charge on any atom is 0.303 e. The second-order valence-electron chi connectivity index (χ2n) is 7.61. The summed E-state index contributed by atoms with van der Waals surface area (Å²) in [6.45, 7) is 4.53. The van der Waals surface area contributed by atoms with E-state index in [1.807, 2.05) is 68.4 Å². The molecule has 0 fully saturated rings. The molecule has 2 atom stereocenters. The average molecular weight is 429 g/mol. The number of methoxy groups -OCH3 is 1. The Morgan fingerprint density at radius 1 is 1.17 bits per heavy atom. The molecule has 3 rings (SSSR count). The van der Waals surface area contributed by atoms with Gasteiger partial charge in [0.2, 0.25) is 0 Å². The van der Waals surface area contributed by atoms with E-state index in [0.29, 0.717) is 13.1 Å². The maximum absolute atomic E-state index is 13.6. The van der Waals surface area contributed by atoms with Crippen molar-refractivity contribution < 1.29 is 19.1 Å². The van der Waals surface area contributed by atoms with Crippen LogP contribution in [0.3, 0.4) is 0 Å². The van der Waals surface area contributed by atoms with Crippen LogP contribution >= 0.6 is 11.8 Å². The summed E-state index contributed by atoms with van der Waals surface area (Å²) < 4.78 is 11.0. The fraction of sp³-hybridized carbons (Fsp3) is 0.391. The molecule has 0 saturated carbocycles. The summed E-state index contributed by atoms with van der Waals surface area (Å²) in [5.74, 6) is 0.0334. The van der Waals surface area contributed by atoms with Gasteiger partial charge in [0.15, 0.2) is 6.10 Å². The van der Waals surface area contributed by atoms with E-state index in [-0.39, 0.29) is 11.2 Å². The van der Waals surface area contributed by atoms with Crippen molar-refractivity contribution in [1.29, 1.82) is 0 Å². The van der Waals surface area contributed by atoms with Gasteiger partial charge in [0.1, 0.15) is 5.75 Å².